The second-order valence-corrected chi connectivity index (χ2v) is 4.26. The Bertz CT molecular complexity index is 391. The number of anilines is 1. The summed E-state index contributed by atoms with van der Waals surface area (Å²) in [4.78, 5) is 11.9. The maximum absolute atomic E-state index is 11.9. The molecule has 1 rings (SSSR count). The van der Waals surface area contributed by atoms with Crippen molar-refractivity contribution in [2.24, 2.45) is 5.92 Å². The molecule has 5 heteroatoms. The number of benzene rings is 1. The van der Waals surface area contributed by atoms with E-state index in [2.05, 4.69) is 5.32 Å². The van der Waals surface area contributed by atoms with Gasteiger partial charge in [-0.05, 0) is 31.2 Å². The Morgan fingerprint density at radius 3 is 2.47 bits per heavy atom. The quantitative estimate of drug-likeness (QED) is 0.735. The van der Waals surface area contributed by atoms with Gasteiger partial charge in [0, 0.05) is 18.2 Å². The number of aliphatic hydroxyl groups is 1. The average molecular weight is 267 g/mol. The molecular weight excluding hydrogens is 246 g/mol. The summed E-state index contributed by atoms with van der Waals surface area (Å²) >= 11 is 0. The molecule has 0 spiro atoms. The number of ether oxygens (including phenoxy) is 2. The van der Waals surface area contributed by atoms with Gasteiger partial charge in [0.2, 0.25) is 0 Å². The number of aliphatic hydroxyl groups excluding tert-OH is 1. The zero-order valence-electron chi connectivity index (χ0n) is 11.6. The van der Waals surface area contributed by atoms with E-state index in [1.165, 1.54) is 0 Å². The first-order valence-corrected chi connectivity index (χ1v) is 6.30. The number of methoxy groups -OCH3 is 1. The van der Waals surface area contributed by atoms with E-state index < -0.39 is 6.04 Å². The third-order valence-corrected chi connectivity index (χ3v) is 2.81. The number of carbonyl (C=O) groups excluding carboxylic acids is 1. The van der Waals surface area contributed by atoms with Crippen LogP contribution in [0.3, 0.4) is 0 Å². The molecule has 0 heterocycles. The van der Waals surface area contributed by atoms with E-state index >= 15 is 0 Å². The fourth-order valence-electron chi connectivity index (χ4n) is 1.64. The lowest BCUT2D eigenvalue weighted by Gasteiger charge is -2.23. The van der Waals surface area contributed by atoms with Crippen LogP contribution in [0.2, 0.25) is 0 Å². The highest BCUT2D eigenvalue weighted by Crippen LogP contribution is 2.18. The van der Waals surface area contributed by atoms with Crippen LogP contribution >= 0.6 is 0 Å². The Morgan fingerprint density at radius 1 is 1.37 bits per heavy atom. The molecule has 0 radical (unpaired) electrons. The minimum absolute atomic E-state index is 0.0906. The van der Waals surface area contributed by atoms with E-state index in [9.17, 15) is 9.90 Å². The first-order chi connectivity index (χ1) is 9.12. The van der Waals surface area contributed by atoms with Crippen molar-refractivity contribution in [2.45, 2.75) is 19.9 Å². The van der Waals surface area contributed by atoms with Gasteiger partial charge in [-0.25, -0.2) is 4.79 Å². The molecule has 0 aliphatic carbocycles. The maximum atomic E-state index is 11.9. The van der Waals surface area contributed by atoms with Crippen LogP contribution < -0.4 is 10.1 Å². The van der Waals surface area contributed by atoms with Crippen LogP contribution in [-0.2, 0) is 9.53 Å². The Morgan fingerprint density at radius 2 is 2.00 bits per heavy atom. The summed E-state index contributed by atoms with van der Waals surface area (Å²) < 4.78 is 10.1. The molecule has 0 unspecified atom stereocenters. The number of rotatable bonds is 7. The van der Waals surface area contributed by atoms with Gasteiger partial charge in [0.15, 0.2) is 0 Å². The molecule has 0 saturated carbocycles. The van der Waals surface area contributed by atoms with Gasteiger partial charge in [0.1, 0.15) is 11.8 Å². The topological polar surface area (TPSA) is 67.8 Å². The largest absolute Gasteiger partial charge is 0.497 e. The third-order valence-electron chi connectivity index (χ3n) is 2.81. The van der Waals surface area contributed by atoms with E-state index in [0.717, 1.165) is 11.4 Å². The van der Waals surface area contributed by atoms with Crippen LogP contribution in [0, 0.1) is 5.92 Å². The number of hydrogen-bond donors (Lipinski definition) is 2. The van der Waals surface area contributed by atoms with Gasteiger partial charge in [-0.1, -0.05) is 6.92 Å². The van der Waals surface area contributed by atoms with Crippen molar-refractivity contribution < 1.29 is 19.4 Å². The number of esters is 1. The summed E-state index contributed by atoms with van der Waals surface area (Å²) in [7, 11) is 1.59. The van der Waals surface area contributed by atoms with Crippen LogP contribution in [0.25, 0.3) is 0 Å². The summed E-state index contributed by atoms with van der Waals surface area (Å²) in [5.74, 6) is 0.148. The highest BCUT2D eigenvalue weighted by atomic mass is 16.5. The zero-order chi connectivity index (χ0) is 14.3. The summed E-state index contributed by atoms with van der Waals surface area (Å²) in [5, 5.41) is 12.3. The minimum Gasteiger partial charge on any atom is -0.497 e. The first kappa shape index (κ1) is 15.3. The molecule has 0 aromatic heterocycles. The van der Waals surface area contributed by atoms with Crippen LogP contribution in [0.5, 0.6) is 5.75 Å². The Labute approximate surface area is 113 Å². The molecule has 0 fully saturated rings. The highest BCUT2D eigenvalue weighted by Gasteiger charge is 2.25. The normalized spacial score (nSPS) is 13.5. The standard InChI is InChI=1S/C14H21NO4/c1-4-19-14(17)13(10(2)9-16)15-11-5-7-12(18-3)8-6-11/h5-8,10,13,15-16H,4,9H2,1-3H3/t10-,13+/m1/s1. The summed E-state index contributed by atoms with van der Waals surface area (Å²) in [6.07, 6.45) is 0. The second-order valence-electron chi connectivity index (χ2n) is 4.26. The molecular formula is C14H21NO4. The number of nitrogens with one attached hydrogen (secondary N) is 1. The van der Waals surface area contributed by atoms with Crippen LogP contribution in [0.15, 0.2) is 24.3 Å². The van der Waals surface area contributed by atoms with Gasteiger partial charge in [-0.15, -0.1) is 0 Å². The van der Waals surface area contributed by atoms with Crippen molar-refractivity contribution in [2.75, 3.05) is 25.6 Å². The highest BCUT2D eigenvalue weighted by molar-refractivity contribution is 5.79. The second kappa shape index (κ2) is 7.63. The van der Waals surface area contributed by atoms with Gasteiger partial charge in [0.05, 0.1) is 13.7 Å². The molecule has 19 heavy (non-hydrogen) atoms. The fourth-order valence-corrected chi connectivity index (χ4v) is 1.64. The van der Waals surface area contributed by atoms with Crippen molar-refractivity contribution in [3.63, 3.8) is 0 Å². The predicted octanol–water partition coefficient (Wildman–Crippen LogP) is 1.67. The monoisotopic (exact) mass is 267 g/mol. The van der Waals surface area contributed by atoms with Crippen molar-refractivity contribution in [1.82, 2.24) is 0 Å². The Hall–Kier alpha value is -1.75. The van der Waals surface area contributed by atoms with Gasteiger partial charge in [-0.2, -0.15) is 0 Å². The Kier molecular flexibility index (Phi) is 6.15. The minimum atomic E-state index is -0.571. The molecule has 1 aromatic rings. The lowest BCUT2D eigenvalue weighted by atomic mass is 10.0. The van der Waals surface area contributed by atoms with Crippen molar-refractivity contribution in [3.8, 4) is 5.75 Å². The van der Waals surface area contributed by atoms with E-state index in [0.29, 0.717) is 6.61 Å². The van der Waals surface area contributed by atoms with E-state index in [4.69, 9.17) is 9.47 Å². The number of hydrogen-bond acceptors (Lipinski definition) is 5. The average Bonchev–Trinajstić information content (AvgIpc) is 2.44. The molecule has 2 atom stereocenters. The predicted molar refractivity (Wildman–Crippen MR) is 73.3 cm³/mol. The van der Waals surface area contributed by atoms with Crippen LogP contribution in [-0.4, -0.2) is 37.4 Å². The fraction of sp³-hybridized carbons (Fsp3) is 0.500. The molecule has 0 bridgehead atoms. The number of carbonyl (C=O) groups is 1. The third kappa shape index (κ3) is 4.44. The van der Waals surface area contributed by atoms with E-state index in [1.807, 2.05) is 12.1 Å². The summed E-state index contributed by atoms with van der Waals surface area (Å²) in [5.41, 5.74) is 0.777. The summed E-state index contributed by atoms with van der Waals surface area (Å²) in [6.45, 7) is 3.77. The van der Waals surface area contributed by atoms with E-state index in [1.54, 1.807) is 33.1 Å². The first-order valence-electron chi connectivity index (χ1n) is 6.30. The molecule has 1 aromatic carbocycles. The molecule has 0 aliphatic rings. The lowest BCUT2D eigenvalue weighted by molar-refractivity contribution is -0.145. The van der Waals surface area contributed by atoms with Crippen molar-refractivity contribution >= 4 is 11.7 Å². The molecule has 0 amide bonds. The smallest absolute Gasteiger partial charge is 0.328 e. The van der Waals surface area contributed by atoms with Crippen LogP contribution in [0.1, 0.15) is 13.8 Å². The van der Waals surface area contributed by atoms with Gasteiger partial charge >= 0.3 is 5.97 Å². The van der Waals surface area contributed by atoms with Crippen molar-refractivity contribution in [3.05, 3.63) is 24.3 Å². The zero-order valence-corrected chi connectivity index (χ0v) is 11.6. The summed E-state index contributed by atoms with van der Waals surface area (Å²) in [6, 6.07) is 6.66. The Balaban J connectivity index is 2.78. The van der Waals surface area contributed by atoms with Crippen molar-refractivity contribution in [1.29, 1.82) is 0 Å². The maximum Gasteiger partial charge on any atom is 0.328 e. The molecule has 0 aliphatic heterocycles. The van der Waals surface area contributed by atoms with Gasteiger partial charge in [0.25, 0.3) is 0 Å². The molecule has 5 nitrogen and oxygen atoms in total. The molecule has 0 saturated heterocycles. The lowest BCUT2D eigenvalue weighted by Crippen LogP contribution is -2.38. The van der Waals surface area contributed by atoms with Crippen LogP contribution in [0.4, 0.5) is 5.69 Å². The van der Waals surface area contributed by atoms with Gasteiger partial charge < -0.3 is 19.9 Å². The SMILES string of the molecule is CCOC(=O)[C@@H](Nc1ccc(OC)cc1)[C@H](C)CO. The van der Waals surface area contributed by atoms with Gasteiger partial charge in [-0.3, -0.25) is 0 Å². The molecule has 106 valence electrons. The molecule has 2 N–H and O–H groups in total. The van der Waals surface area contributed by atoms with E-state index in [-0.39, 0.29) is 18.5 Å².